The number of carbonyl (C=O) groups is 2. The molecule has 6 heteroatoms. The third-order valence-corrected chi connectivity index (χ3v) is 6.32. The van der Waals surface area contributed by atoms with Crippen molar-refractivity contribution in [3.8, 4) is 11.5 Å². The van der Waals surface area contributed by atoms with Gasteiger partial charge >= 0.3 is 0 Å². The molecule has 0 aliphatic heterocycles. The minimum Gasteiger partial charge on any atom is -0.494 e. The number of para-hydroxylation sites is 2. The number of amides is 2. The van der Waals surface area contributed by atoms with Gasteiger partial charge in [0.1, 0.15) is 11.5 Å². The first kappa shape index (κ1) is 28.4. The Balaban J connectivity index is 1.58. The fraction of sp³-hybridized carbons (Fsp3) is 0.235. The van der Waals surface area contributed by atoms with Crippen LogP contribution in [0.3, 0.4) is 0 Å². The van der Waals surface area contributed by atoms with Crippen molar-refractivity contribution in [2.75, 3.05) is 36.1 Å². The molecular weight excluding hydrogens is 500 g/mol. The highest BCUT2D eigenvalue weighted by Gasteiger charge is 2.23. The highest BCUT2D eigenvalue weighted by molar-refractivity contribution is 6.08. The molecule has 0 aliphatic rings. The van der Waals surface area contributed by atoms with Crippen LogP contribution in [0.5, 0.6) is 11.5 Å². The Kier molecular flexibility index (Phi) is 10.3. The molecule has 4 aromatic rings. The van der Waals surface area contributed by atoms with E-state index < -0.39 is 0 Å². The molecule has 0 aromatic heterocycles. The van der Waals surface area contributed by atoms with Crippen LogP contribution in [0.1, 0.15) is 47.4 Å². The van der Waals surface area contributed by atoms with Gasteiger partial charge in [0.25, 0.3) is 11.8 Å². The van der Waals surface area contributed by atoms with Crippen molar-refractivity contribution in [2.45, 2.75) is 26.7 Å². The largest absolute Gasteiger partial charge is 0.494 e. The number of nitrogens with zero attached hydrogens (tertiary/aromatic N) is 2. The van der Waals surface area contributed by atoms with Gasteiger partial charge in [-0.1, -0.05) is 50.2 Å². The van der Waals surface area contributed by atoms with Gasteiger partial charge in [-0.05, 0) is 85.6 Å². The summed E-state index contributed by atoms with van der Waals surface area (Å²) in [5.41, 5.74) is 2.62. The molecule has 0 spiro atoms. The number of rotatable bonds is 13. The molecule has 206 valence electrons. The summed E-state index contributed by atoms with van der Waals surface area (Å²) in [6, 6.07) is 33.5. The normalized spacial score (nSPS) is 10.6. The maximum absolute atomic E-state index is 13.8. The summed E-state index contributed by atoms with van der Waals surface area (Å²) in [7, 11) is 0. The molecule has 0 radical (unpaired) electrons. The lowest BCUT2D eigenvalue weighted by Gasteiger charge is -2.28. The van der Waals surface area contributed by atoms with E-state index in [9.17, 15) is 9.59 Å². The SMILES string of the molecule is CCCOc1ccc(C(=O)N(CCN(C(=O)c2ccc(OCCC)cc2)c2ccccc2)c2ccccc2)cc1. The van der Waals surface area contributed by atoms with Crippen molar-refractivity contribution >= 4 is 23.2 Å². The first-order chi connectivity index (χ1) is 19.6. The number of carbonyl (C=O) groups excluding carboxylic acids is 2. The van der Waals surface area contributed by atoms with E-state index in [0.29, 0.717) is 37.4 Å². The van der Waals surface area contributed by atoms with Gasteiger partial charge in [-0.2, -0.15) is 0 Å². The summed E-state index contributed by atoms with van der Waals surface area (Å²) < 4.78 is 11.4. The molecule has 0 heterocycles. The molecule has 0 atom stereocenters. The molecule has 40 heavy (non-hydrogen) atoms. The zero-order chi connectivity index (χ0) is 28.2. The van der Waals surface area contributed by atoms with Crippen molar-refractivity contribution in [3.05, 3.63) is 120 Å². The van der Waals surface area contributed by atoms with Crippen LogP contribution in [0.2, 0.25) is 0 Å². The summed E-state index contributed by atoms with van der Waals surface area (Å²) in [5, 5.41) is 0. The van der Waals surface area contributed by atoms with E-state index in [1.807, 2.05) is 84.9 Å². The molecule has 0 unspecified atom stereocenters. The Morgan fingerprint density at radius 1 is 0.525 bits per heavy atom. The van der Waals surface area contributed by atoms with Gasteiger partial charge in [-0.25, -0.2) is 0 Å². The van der Waals surface area contributed by atoms with E-state index in [1.165, 1.54) is 0 Å². The predicted molar refractivity (Wildman–Crippen MR) is 161 cm³/mol. The second-order valence-electron chi connectivity index (χ2n) is 9.33. The number of hydrogen-bond donors (Lipinski definition) is 0. The van der Waals surface area contributed by atoms with Crippen molar-refractivity contribution in [1.82, 2.24) is 0 Å². The fourth-order valence-electron chi connectivity index (χ4n) is 4.25. The summed E-state index contributed by atoms with van der Waals surface area (Å²) in [6.45, 7) is 5.96. The van der Waals surface area contributed by atoms with Crippen LogP contribution in [0.15, 0.2) is 109 Å². The zero-order valence-corrected chi connectivity index (χ0v) is 23.2. The number of anilines is 2. The number of benzene rings is 4. The lowest BCUT2D eigenvalue weighted by molar-refractivity contribution is 0.0968. The van der Waals surface area contributed by atoms with Crippen LogP contribution in [0.4, 0.5) is 11.4 Å². The third kappa shape index (κ3) is 7.50. The van der Waals surface area contributed by atoms with Gasteiger partial charge in [0.05, 0.1) is 13.2 Å². The van der Waals surface area contributed by atoms with Gasteiger partial charge < -0.3 is 19.3 Å². The Morgan fingerprint density at radius 2 is 0.875 bits per heavy atom. The minimum absolute atomic E-state index is 0.147. The summed E-state index contributed by atoms with van der Waals surface area (Å²) in [5.74, 6) is 1.17. The molecule has 6 nitrogen and oxygen atoms in total. The van der Waals surface area contributed by atoms with E-state index in [1.54, 1.807) is 34.1 Å². The molecule has 0 fully saturated rings. The second-order valence-corrected chi connectivity index (χ2v) is 9.33. The van der Waals surface area contributed by atoms with Gasteiger partial charge in [-0.3, -0.25) is 9.59 Å². The first-order valence-corrected chi connectivity index (χ1v) is 13.8. The van der Waals surface area contributed by atoms with Crippen LogP contribution in [-0.4, -0.2) is 38.1 Å². The molecule has 4 rings (SSSR count). The second kappa shape index (κ2) is 14.5. The maximum Gasteiger partial charge on any atom is 0.258 e. The van der Waals surface area contributed by atoms with Crippen LogP contribution in [0.25, 0.3) is 0 Å². The van der Waals surface area contributed by atoms with Gasteiger partial charge in [0.2, 0.25) is 0 Å². The molecule has 4 aromatic carbocycles. The quantitative estimate of drug-likeness (QED) is 0.180. The molecule has 0 aliphatic carbocycles. The molecular formula is C34H36N2O4. The van der Waals surface area contributed by atoms with Gasteiger partial charge in [-0.15, -0.1) is 0 Å². The Hall–Kier alpha value is -4.58. The average Bonchev–Trinajstić information content (AvgIpc) is 3.02. The van der Waals surface area contributed by atoms with Gasteiger partial charge in [0, 0.05) is 35.6 Å². The lowest BCUT2D eigenvalue weighted by atomic mass is 10.1. The van der Waals surface area contributed by atoms with E-state index in [-0.39, 0.29) is 11.8 Å². The molecule has 0 saturated heterocycles. The highest BCUT2D eigenvalue weighted by Crippen LogP contribution is 2.22. The van der Waals surface area contributed by atoms with Crippen LogP contribution in [-0.2, 0) is 0 Å². The van der Waals surface area contributed by atoms with E-state index in [4.69, 9.17) is 9.47 Å². The average molecular weight is 537 g/mol. The number of hydrogen-bond acceptors (Lipinski definition) is 4. The summed E-state index contributed by atoms with van der Waals surface area (Å²) >= 11 is 0. The van der Waals surface area contributed by atoms with Crippen molar-refractivity contribution in [1.29, 1.82) is 0 Å². The van der Waals surface area contributed by atoms with Crippen LogP contribution >= 0.6 is 0 Å². The third-order valence-electron chi connectivity index (χ3n) is 6.32. The smallest absolute Gasteiger partial charge is 0.258 e. The molecule has 0 saturated carbocycles. The van der Waals surface area contributed by atoms with E-state index >= 15 is 0 Å². The standard InChI is InChI=1S/C34H36N2O4/c1-3-25-39-31-19-15-27(16-20-31)33(37)35(29-11-7-5-8-12-29)23-24-36(30-13-9-6-10-14-30)34(38)28-17-21-32(22-18-28)40-26-4-2/h5-22H,3-4,23-26H2,1-2H3. The Labute approximate surface area is 236 Å². The highest BCUT2D eigenvalue weighted by atomic mass is 16.5. The minimum atomic E-state index is -0.147. The van der Waals surface area contributed by atoms with Crippen LogP contribution < -0.4 is 19.3 Å². The molecule has 0 bridgehead atoms. The van der Waals surface area contributed by atoms with Crippen molar-refractivity contribution < 1.29 is 19.1 Å². The predicted octanol–water partition coefficient (Wildman–Crippen LogP) is 7.26. The van der Waals surface area contributed by atoms with Gasteiger partial charge in [0.15, 0.2) is 0 Å². The molecule has 0 N–H and O–H groups in total. The summed E-state index contributed by atoms with van der Waals surface area (Å²) in [6.07, 6.45) is 1.83. The Bertz CT molecular complexity index is 1230. The van der Waals surface area contributed by atoms with E-state index in [0.717, 1.165) is 35.7 Å². The number of ether oxygens (including phenoxy) is 2. The first-order valence-electron chi connectivity index (χ1n) is 13.8. The van der Waals surface area contributed by atoms with Crippen LogP contribution in [0, 0.1) is 0 Å². The lowest BCUT2D eigenvalue weighted by Crippen LogP contribution is -2.41. The molecule has 2 amide bonds. The Morgan fingerprint density at radius 3 is 1.20 bits per heavy atom. The van der Waals surface area contributed by atoms with Crippen molar-refractivity contribution in [2.24, 2.45) is 0 Å². The maximum atomic E-state index is 13.8. The summed E-state index contributed by atoms with van der Waals surface area (Å²) in [4.78, 5) is 30.9. The van der Waals surface area contributed by atoms with Crippen molar-refractivity contribution in [3.63, 3.8) is 0 Å². The van der Waals surface area contributed by atoms with E-state index in [2.05, 4.69) is 13.8 Å². The fourth-order valence-corrected chi connectivity index (χ4v) is 4.25. The topological polar surface area (TPSA) is 59.1 Å². The monoisotopic (exact) mass is 536 g/mol. The zero-order valence-electron chi connectivity index (χ0n) is 23.2.